The lowest BCUT2D eigenvalue weighted by molar-refractivity contribution is -0.120. The van der Waals surface area contributed by atoms with E-state index < -0.39 is 11.8 Å². The minimum Gasteiger partial charge on any atom is -0.497 e. The van der Waals surface area contributed by atoms with Gasteiger partial charge in [-0.3, -0.25) is 9.59 Å². The molecule has 0 unspecified atom stereocenters. The van der Waals surface area contributed by atoms with Gasteiger partial charge in [-0.2, -0.15) is 0 Å². The molecule has 0 fully saturated rings. The molecule has 0 atom stereocenters. The third-order valence-electron chi connectivity index (χ3n) is 5.11. The van der Waals surface area contributed by atoms with Crippen molar-refractivity contribution in [1.29, 1.82) is 0 Å². The quantitative estimate of drug-likeness (QED) is 0.569. The monoisotopic (exact) mass is 430 g/mol. The Morgan fingerprint density at radius 3 is 2.16 bits per heavy atom. The van der Waals surface area contributed by atoms with Crippen molar-refractivity contribution in [2.24, 2.45) is 0 Å². The number of imide groups is 1. The van der Waals surface area contributed by atoms with E-state index in [4.69, 9.17) is 14.2 Å². The summed E-state index contributed by atoms with van der Waals surface area (Å²) in [6.07, 6.45) is 0. The van der Waals surface area contributed by atoms with Crippen LogP contribution in [0.4, 0.5) is 11.4 Å². The van der Waals surface area contributed by atoms with Gasteiger partial charge in [-0.15, -0.1) is 0 Å². The maximum Gasteiger partial charge on any atom is 0.282 e. The first-order valence-electron chi connectivity index (χ1n) is 9.89. The van der Waals surface area contributed by atoms with E-state index in [2.05, 4.69) is 5.32 Å². The Balaban J connectivity index is 1.80. The predicted molar refractivity (Wildman–Crippen MR) is 122 cm³/mol. The highest BCUT2D eigenvalue weighted by Crippen LogP contribution is 2.37. The summed E-state index contributed by atoms with van der Waals surface area (Å²) in [7, 11) is 4.59. The van der Waals surface area contributed by atoms with E-state index in [0.29, 0.717) is 34.2 Å². The highest BCUT2D eigenvalue weighted by Gasteiger charge is 2.40. The van der Waals surface area contributed by atoms with Crippen LogP contribution in [0.2, 0.25) is 0 Å². The highest BCUT2D eigenvalue weighted by molar-refractivity contribution is 6.46. The van der Waals surface area contributed by atoms with Crippen LogP contribution in [0.15, 0.2) is 78.5 Å². The number of hydrogen-bond donors (Lipinski definition) is 1. The summed E-state index contributed by atoms with van der Waals surface area (Å²) in [4.78, 5) is 28.1. The van der Waals surface area contributed by atoms with Gasteiger partial charge in [-0.1, -0.05) is 36.4 Å². The van der Waals surface area contributed by atoms with Gasteiger partial charge in [0, 0.05) is 17.8 Å². The van der Waals surface area contributed by atoms with E-state index in [1.54, 1.807) is 61.7 Å². The molecule has 0 radical (unpaired) electrons. The van der Waals surface area contributed by atoms with Gasteiger partial charge in [0.05, 0.1) is 32.6 Å². The Bertz CT molecular complexity index is 1200. The summed E-state index contributed by atoms with van der Waals surface area (Å²) < 4.78 is 15.9. The molecule has 3 aromatic carbocycles. The zero-order chi connectivity index (χ0) is 22.7. The van der Waals surface area contributed by atoms with Crippen LogP contribution in [0.5, 0.6) is 17.2 Å². The zero-order valence-electron chi connectivity index (χ0n) is 17.9. The normalized spacial score (nSPS) is 13.4. The van der Waals surface area contributed by atoms with Crippen LogP contribution < -0.4 is 24.4 Å². The third-order valence-corrected chi connectivity index (χ3v) is 5.11. The van der Waals surface area contributed by atoms with Crippen molar-refractivity contribution < 1.29 is 23.8 Å². The number of methoxy groups -OCH3 is 3. The summed E-state index contributed by atoms with van der Waals surface area (Å²) in [5.41, 5.74) is 2.12. The largest absolute Gasteiger partial charge is 0.497 e. The van der Waals surface area contributed by atoms with Crippen molar-refractivity contribution in [3.05, 3.63) is 84.1 Å². The summed E-state index contributed by atoms with van der Waals surface area (Å²) >= 11 is 0. The Kier molecular flexibility index (Phi) is 5.81. The number of nitrogens with one attached hydrogen (secondary N) is 1. The summed E-state index contributed by atoms with van der Waals surface area (Å²) in [5, 5.41) is 3.13. The SMILES string of the molecule is COc1cccc(NC2=C(c3ccccc3)C(=O)N(c3ccc(OC)c(OC)c3)C2=O)c1. The van der Waals surface area contributed by atoms with Gasteiger partial charge in [-0.05, 0) is 29.8 Å². The van der Waals surface area contributed by atoms with Crippen molar-refractivity contribution in [3.63, 3.8) is 0 Å². The number of carbonyl (C=O) groups is 2. The number of benzene rings is 3. The number of ether oxygens (including phenoxy) is 3. The van der Waals surface area contributed by atoms with Gasteiger partial charge < -0.3 is 19.5 Å². The lowest BCUT2D eigenvalue weighted by Crippen LogP contribution is -2.32. The van der Waals surface area contributed by atoms with Crippen molar-refractivity contribution in [1.82, 2.24) is 0 Å². The molecule has 7 heteroatoms. The Labute approximate surface area is 185 Å². The predicted octanol–water partition coefficient (Wildman–Crippen LogP) is 4.11. The number of anilines is 2. The molecular weight excluding hydrogens is 408 g/mol. The molecule has 1 aliphatic rings. The second-order valence-electron chi connectivity index (χ2n) is 6.96. The van der Waals surface area contributed by atoms with E-state index in [1.165, 1.54) is 14.2 Å². The average molecular weight is 430 g/mol. The molecule has 1 aliphatic heterocycles. The second-order valence-corrected chi connectivity index (χ2v) is 6.96. The van der Waals surface area contributed by atoms with Crippen LogP contribution >= 0.6 is 0 Å². The number of amides is 2. The third kappa shape index (κ3) is 3.76. The minimum absolute atomic E-state index is 0.184. The number of carbonyl (C=O) groups excluding carboxylic acids is 2. The van der Waals surface area contributed by atoms with Gasteiger partial charge in [0.1, 0.15) is 11.4 Å². The average Bonchev–Trinajstić information content (AvgIpc) is 3.08. The van der Waals surface area contributed by atoms with Gasteiger partial charge >= 0.3 is 0 Å². The van der Waals surface area contributed by atoms with E-state index in [9.17, 15) is 9.59 Å². The number of rotatable bonds is 7. The molecule has 0 saturated carbocycles. The molecule has 0 saturated heterocycles. The van der Waals surface area contributed by atoms with Crippen LogP contribution in [-0.4, -0.2) is 33.1 Å². The summed E-state index contributed by atoms with van der Waals surface area (Å²) in [6.45, 7) is 0. The van der Waals surface area contributed by atoms with Crippen molar-refractivity contribution in [2.75, 3.05) is 31.5 Å². The van der Waals surface area contributed by atoms with Gasteiger partial charge in [0.25, 0.3) is 11.8 Å². The van der Waals surface area contributed by atoms with E-state index in [-0.39, 0.29) is 11.3 Å². The van der Waals surface area contributed by atoms with Crippen LogP contribution in [0.1, 0.15) is 5.56 Å². The van der Waals surface area contributed by atoms with Crippen LogP contribution in [-0.2, 0) is 9.59 Å². The van der Waals surface area contributed by atoms with Crippen molar-refractivity contribution in [2.45, 2.75) is 0 Å². The zero-order valence-corrected chi connectivity index (χ0v) is 17.9. The standard InChI is InChI=1S/C25H22N2O5/c1-30-19-11-7-10-17(14-19)26-23-22(16-8-5-4-6-9-16)24(28)27(25(23)29)18-12-13-20(31-2)21(15-18)32-3/h4-15,26H,1-3H3. The topological polar surface area (TPSA) is 77.1 Å². The number of hydrogen-bond acceptors (Lipinski definition) is 6. The maximum atomic E-state index is 13.5. The van der Waals surface area contributed by atoms with Gasteiger partial charge in [0.2, 0.25) is 0 Å². The fraction of sp³-hybridized carbons (Fsp3) is 0.120. The minimum atomic E-state index is -0.469. The molecule has 1 N–H and O–H groups in total. The summed E-state index contributed by atoms with van der Waals surface area (Å²) in [5.74, 6) is 0.649. The molecule has 4 rings (SSSR count). The Hall–Kier alpha value is -4.26. The molecule has 0 spiro atoms. The van der Waals surface area contributed by atoms with Crippen LogP contribution in [0, 0.1) is 0 Å². The molecular formula is C25H22N2O5. The van der Waals surface area contributed by atoms with Crippen molar-refractivity contribution >= 4 is 28.8 Å². The molecule has 0 bridgehead atoms. The second kappa shape index (κ2) is 8.85. The molecule has 0 aliphatic carbocycles. The first kappa shape index (κ1) is 21.0. The molecule has 3 aromatic rings. The van der Waals surface area contributed by atoms with Crippen LogP contribution in [0.25, 0.3) is 5.57 Å². The Morgan fingerprint density at radius 2 is 1.47 bits per heavy atom. The van der Waals surface area contributed by atoms with Gasteiger partial charge in [0.15, 0.2) is 11.5 Å². The smallest absolute Gasteiger partial charge is 0.282 e. The fourth-order valence-corrected chi connectivity index (χ4v) is 3.56. The fourth-order valence-electron chi connectivity index (χ4n) is 3.56. The van der Waals surface area contributed by atoms with E-state index in [1.807, 2.05) is 18.2 Å². The first-order chi connectivity index (χ1) is 15.6. The molecule has 2 amide bonds. The molecule has 1 heterocycles. The molecule has 7 nitrogen and oxygen atoms in total. The maximum absolute atomic E-state index is 13.5. The van der Waals surface area contributed by atoms with Crippen molar-refractivity contribution in [3.8, 4) is 17.2 Å². The van der Waals surface area contributed by atoms with E-state index >= 15 is 0 Å². The lowest BCUT2D eigenvalue weighted by Gasteiger charge is -2.17. The van der Waals surface area contributed by atoms with E-state index in [0.717, 1.165) is 4.90 Å². The van der Waals surface area contributed by atoms with Gasteiger partial charge in [-0.25, -0.2) is 4.90 Å². The molecule has 0 aromatic heterocycles. The summed E-state index contributed by atoms with van der Waals surface area (Å²) in [6, 6.07) is 21.2. The lowest BCUT2D eigenvalue weighted by atomic mass is 10.0. The Morgan fingerprint density at radius 1 is 0.719 bits per heavy atom. The number of nitrogens with zero attached hydrogens (tertiary/aromatic N) is 1. The van der Waals surface area contributed by atoms with Crippen LogP contribution in [0.3, 0.4) is 0 Å². The first-order valence-corrected chi connectivity index (χ1v) is 9.89. The molecule has 162 valence electrons. The molecule has 32 heavy (non-hydrogen) atoms. The highest BCUT2D eigenvalue weighted by atomic mass is 16.5.